The molecular formula is C31H41IN4O12. The fraction of sp³-hybridized carbons (Fsp3) is 0.484. The summed E-state index contributed by atoms with van der Waals surface area (Å²) < 4.78 is 5.84. The molecule has 9 N–H and O–H groups in total. The number of carboxylic acid groups (broad SMARTS) is 3. The van der Waals surface area contributed by atoms with Crippen LogP contribution in [0.25, 0.3) is 10.8 Å². The summed E-state index contributed by atoms with van der Waals surface area (Å²) in [6, 6.07) is 7.97. The molecule has 0 aliphatic carbocycles. The first-order valence-electron chi connectivity index (χ1n) is 15.0. The molecule has 16 nitrogen and oxygen atoms in total. The number of carbonyl (C=O) groups excluding carboxylic acids is 3. The van der Waals surface area contributed by atoms with Crippen molar-refractivity contribution in [1.82, 2.24) is 21.3 Å². The van der Waals surface area contributed by atoms with Crippen LogP contribution >= 0.6 is 22.6 Å². The number of carbonyl (C=O) groups is 6. The Morgan fingerprint density at radius 3 is 2.06 bits per heavy atom. The molecule has 4 amide bonds. The monoisotopic (exact) mass is 788 g/mol. The van der Waals surface area contributed by atoms with Gasteiger partial charge in [0.15, 0.2) is 0 Å². The molecule has 0 fully saturated rings. The van der Waals surface area contributed by atoms with E-state index in [1.807, 2.05) is 70.4 Å². The van der Waals surface area contributed by atoms with Gasteiger partial charge in [-0.2, -0.15) is 0 Å². The number of rotatable bonds is 22. The fourth-order valence-corrected chi connectivity index (χ4v) is 5.17. The van der Waals surface area contributed by atoms with Crippen LogP contribution in [-0.2, 0) is 35.1 Å². The Balaban J connectivity index is 1.97. The van der Waals surface area contributed by atoms with Crippen LogP contribution < -0.4 is 21.3 Å². The Hall–Kier alpha value is -4.07. The summed E-state index contributed by atoms with van der Waals surface area (Å²) in [7, 11) is 0. The van der Waals surface area contributed by atoms with E-state index in [0.717, 1.165) is 16.3 Å². The Morgan fingerprint density at radius 1 is 0.812 bits per heavy atom. The Bertz CT molecular complexity index is 1410. The van der Waals surface area contributed by atoms with E-state index in [-0.39, 0.29) is 52.0 Å². The van der Waals surface area contributed by atoms with Crippen LogP contribution in [0.5, 0.6) is 0 Å². The summed E-state index contributed by atoms with van der Waals surface area (Å²) in [5, 5.41) is 57.9. The molecule has 0 saturated carbocycles. The SMILES string of the molecule is O=C(O)CC(NC(=O)NC(CCCCNC(=O)C(Cc1ccc2ccccc2c1)NC(=O)COCC(CO)(CO)CI)C(=O)O)C(=O)O. The number of fused-ring (bicyclic) bond motifs is 1. The summed E-state index contributed by atoms with van der Waals surface area (Å²) in [5.74, 6) is -5.55. The number of aliphatic hydroxyl groups excluding tert-OH is 2. The minimum Gasteiger partial charge on any atom is -0.481 e. The third kappa shape index (κ3) is 13.6. The quantitative estimate of drug-likeness (QED) is 0.0442. The van der Waals surface area contributed by atoms with Crippen LogP contribution in [0.3, 0.4) is 0 Å². The molecule has 0 bridgehead atoms. The van der Waals surface area contributed by atoms with Crippen molar-refractivity contribution in [3.63, 3.8) is 0 Å². The largest absolute Gasteiger partial charge is 0.481 e. The lowest BCUT2D eigenvalue weighted by atomic mass is 9.94. The number of benzene rings is 2. The van der Waals surface area contributed by atoms with E-state index in [2.05, 4.69) is 16.0 Å². The highest BCUT2D eigenvalue weighted by atomic mass is 127. The number of urea groups is 1. The normalized spacial score (nSPS) is 13.1. The number of hydrogen-bond acceptors (Lipinski definition) is 9. The molecule has 2 aromatic carbocycles. The van der Waals surface area contributed by atoms with Crippen LogP contribution in [0.15, 0.2) is 42.5 Å². The van der Waals surface area contributed by atoms with Gasteiger partial charge >= 0.3 is 23.9 Å². The highest BCUT2D eigenvalue weighted by Gasteiger charge is 2.29. The van der Waals surface area contributed by atoms with E-state index in [4.69, 9.17) is 14.9 Å². The van der Waals surface area contributed by atoms with Gasteiger partial charge in [0, 0.05) is 22.8 Å². The minimum atomic E-state index is -1.76. The topological polar surface area (TPSA) is 261 Å². The average Bonchev–Trinajstić information content (AvgIpc) is 3.05. The third-order valence-corrected chi connectivity index (χ3v) is 8.92. The number of hydrogen-bond donors (Lipinski definition) is 9. The smallest absolute Gasteiger partial charge is 0.326 e. The molecule has 0 aliphatic heterocycles. The van der Waals surface area contributed by atoms with Gasteiger partial charge < -0.3 is 51.5 Å². The zero-order chi connectivity index (χ0) is 35.7. The van der Waals surface area contributed by atoms with Crippen LogP contribution in [-0.4, -0.2) is 117 Å². The second-order valence-corrected chi connectivity index (χ2v) is 12.0. The van der Waals surface area contributed by atoms with Crippen molar-refractivity contribution >= 4 is 69.1 Å². The zero-order valence-electron chi connectivity index (χ0n) is 26.0. The number of ether oxygens (including phenoxy) is 1. The van der Waals surface area contributed by atoms with Gasteiger partial charge in [-0.3, -0.25) is 14.4 Å². The first kappa shape index (κ1) is 40.1. The fourth-order valence-electron chi connectivity index (χ4n) is 4.47. The summed E-state index contributed by atoms with van der Waals surface area (Å²) in [6.45, 7) is -1.07. The molecule has 2 aromatic rings. The second kappa shape index (κ2) is 20.3. The van der Waals surface area contributed by atoms with Gasteiger partial charge in [-0.1, -0.05) is 65.1 Å². The molecule has 0 spiro atoms. The standard InChI is InChI=1S/C31H41IN4O12/c32-15-31(16-37,17-38)18-48-14-25(39)34-23(12-19-8-9-20-5-1-2-6-21(20)11-19)27(42)33-10-4-3-7-22(28(43)44)35-30(47)36-24(29(45)46)13-26(40)41/h1-2,5-6,8-9,11,22-24,37-38H,3-4,7,10,12-18H2,(H,33,42)(H,34,39)(H,40,41)(H,43,44)(H,45,46)(H2,35,36,47). The van der Waals surface area contributed by atoms with Gasteiger partial charge in [0.2, 0.25) is 11.8 Å². The lowest BCUT2D eigenvalue weighted by molar-refractivity contribution is -0.145. The first-order valence-corrected chi connectivity index (χ1v) is 16.5. The Labute approximate surface area is 289 Å². The van der Waals surface area contributed by atoms with Crippen LogP contribution in [0, 0.1) is 5.41 Å². The molecule has 3 atom stereocenters. The maximum atomic E-state index is 13.2. The number of unbranched alkanes of at least 4 members (excludes halogenated alkanes) is 1. The third-order valence-electron chi connectivity index (χ3n) is 7.31. The van der Waals surface area contributed by atoms with Crippen molar-refractivity contribution in [3.8, 4) is 0 Å². The predicted octanol–water partition coefficient (Wildman–Crippen LogP) is 0.257. The van der Waals surface area contributed by atoms with Gasteiger partial charge in [-0.05, 0) is 35.6 Å². The summed E-state index contributed by atoms with van der Waals surface area (Å²) in [6.07, 6.45) is -0.325. The van der Waals surface area contributed by atoms with Crippen molar-refractivity contribution in [1.29, 1.82) is 0 Å². The Morgan fingerprint density at radius 2 is 1.46 bits per heavy atom. The molecule has 0 radical (unpaired) electrons. The predicted molar refractivity (Wildman–Crippen MR) is 180 cm³/mol. The zero-order valence-corrected chi connectivity index (χ0v) is 28.2. The molecular weight excluding hydrogens is 747 g/mol. The van der Waals surface area contributed by atoms with Gasteiger partial charge in [-0.15, -0.1) is 0 Å². The Kier molecular flexibility index (Phi) is 17.0. The van der Waals surface area contributed by atoms with E-state index in [1.165, 1.54) is 0 Å². The van der Waals surface area contributed by atoms with E-state index in [1.54, 1.807) is 0 Å². The molecule has 264 valence electrons. The molecule has 0 heterocycles. The lowest BCUT2D eigenvalue weighted by Crippen LogP contribution is -2.51. The van der Waals surface area contributed by atoms with Gasteiger partial charge in [0.05, 0.1) is 26.2 Å². The summed E-state index contributed by atoms with van der Waals surface area (Å²) in [5.41, 5.74) is -0.134. The van der Waals surface area contributed by atoms with Gasteiger partial charge in [-0.25, -0.2) is 14.4 Å². The van der Waals surface area contributed by atoms with E-state index in [9.17, 15) is 44.1 Å². The van der Waals surface area contributed by atoms with E-state index >= 15 is 0 Å². The van der Waals surface area contributed by atoms with Gasteiger partial charge in [0.25, 0.3) is 0 Å². The number of alkyl halides is 1. The number of aliphatic carboxylic acids is 3. The minimum absolute atomic E-state index is 0.0752. The van der Waals surface area contributed by atoms with Crippen molar-refractivity contribution in [2.75, 3.05) is 37.4 Å². The molecule has 2 rings (SSSR count). The molecule has 0 saturated heterocycles. The van der Waals surface area contributed by atoms with E-state index < -0.39 is 72.3 Å². The van der Waals surface area contributed by atoms with Crippen molar-refractivity contribution in [3.05, 3.63) is 48.0 Å². The van der Waals surface area contributed by atoms with Crippen LogP contribution in [0.4, 0.5) is 4.79 Å². The van der Waals surface area contributed by atoms with E-state index in [0.29, 0.717) is 4.43 Å². The highest BCUT2D eigenvalue weighted by Crippen LogP contribution is 2.20. The van der Waals surface area contributed by atoms with Crippen LogP contribution in [0.1, 0.15) is 31.2 Å². The van der Waals surface area contributed by atoms with Crippen molar-refractivity contribution in [2.45, 2.75) is 50.2 Å². The number of nitrogens with one attached hydrogen (secondary N) is 4. The molecule has 17 heteroatoms. The number of aliphatic hydroxyl groups is 2. The maximum Gasteiger partial charge on any atom is 0.326 e. The molecule has 48 heavy (non-hydrogen) atoms. The first-order chi connectivity index (χ1) is 22.8. The van der Waals surface area contributed by atoms with Gasteiger partial charge in [0.1, 0.15) is 24.7 Å². The summed E-state index contributed by atoms with van der Waals surface area (Å²) >= 11 is 2.00. The second-order valence-electron chi connectivity index (χ2n) is 11.2. The molecule has 0 aromatic heterocycles. The molecule has 3 unspecified atom stereocenters. The number of halogens is 1. The van der Waals surface area contributed by atoms with Crippen LogP contribution in [0.2, 0.25) is 0 Å². The lowest BCUT2D eigenvalue weighted by Gasteiger charge is -2.27. The number of amides is 4. The van der Waals surface area contributed by atoms with Crippen molar-refractivity contribution < 1.29 is 59.0 Å². The number of carboxylic acids is 3. The maximum absolute atomic E-state index is 13.2. The summed E-state index contributed by atoms with van der Waals surface area (Å²) in [4.78, 5) is 71.7. The average molecular weight is 789 g/mol. The highest BCUT2D eigenvalue weighted by molar-refractivity contribution is 14.1. The molecule has 0 aliphatic rings. The van der Waals surface area contributed by atoms with Crippen molar-refractivity contribution in [2.24, 2.45) is 5.41 Å².